The van der Waals surface area contributed by atoms with Crippen LogP contribution >= 0.6 is 0 Å². The van der Waals surface area contributed by atoms with E-state index < -0.39 is 0 Å². The van der Waals surface area contributed by atoms with Gasteiger partial charge in [-0.15, -0.1) is 0 Å². The lowest BCUT2D eigenvalue weighted by molar-refractivity contribution is -0.293. The molecule has 1 spiro atoms. The molecule has 0 aromatic rings. The van der Waals surface area contributed by atoms with Crippen molar-refractivity contribution < 1.29 is 9.47 Å². The smallest absolute Gasteiger partial charge is 0.158 e. The highest BCUT2D eigenvalue weighted by Crippen LogP contribution is 2.72. The SMILES string of the molecule is CCCC1OCCC2(CC3CCC2(C)C3(C)C)O1. The number of hydrogen-bond acceptors (Lipinski definition) is 2. The second kappa shape index (κ2) is 3.96. The average molecular weight is 252 g/mol. The highest BCUT2D eigenvalue weighted by Gasteiger charge is 2.70. The van der Waals surface area contributed by atoms with Crippen LogP contribution in [0.25, 0.3) is 0 Å². The minimum absolute atomic E-state index is 0.0516. The molecular weight excluding hydrogens is 224 g/mol. The molecule has 0 N–H and O–H groups in total. The summed E-state index contributed by atoms with van der Waals surface area (Å²) in [5.41, 5.74) is 0.888. The molecular formula is C16H28O2. The van der Waals surface area contributed by atoms with E-state index in [1.54, 1.807) is 0 Å². The summed E-state index contributed by atoms with van der Waals surface area (Å²) in [5, 5.41) is 0. The summed E-state index contributed by atoms with van der Waals surface area (Å²) in [6.45, 7) is 10.5. The maximum Gasteiger partial charge on any atom is 0.158 e. The Labute approximate surface area is 111 Å². The van der Waals surface area contributed by atoms with Gasteiger partial charge in [0.1, 0.15) is 0 Å². The lowest BCUT2D eigenvalue weighted by Crippen LogP contribution is -2.54. The fourth-order valence-electron chi connectivity index (χ4n) is 5.03. The molecule has 4 atom stereocenters. The summed E-state index contributed by atoms with van der Waals surface area (Å²) >= 11 is 0. The molecule has 0 amide bonds. The zero-order valence-electron chi connectivity index (χ0n) is 12.4. The molecule has 18 heavy (non-hydrogen) atoms. The van der Waals surface area contributed by atoms with Crippen molar-refractivity contribution in [3.05, 3.63) is 0 Å². The van der Waals surface area contributed by atoms with Crippen molar-refractivity contribution in [2.45, 2.75) is 78.1 Å². The van der Waals surface area contributed by atoms with E-state index in [0.29, 0.717) is 10.8 Å². The van der Waals surface area contributed by atoms with E-state index >= 15 is 0 Å². The Bertz CT molecular complexity index is 336. The number of ether oxygens (including phenoxy) is 2. The first-order valence-corrected chi connectivity index (χ1v) is 7.75. The van der Waals surface area contributed by atoms with Gasteiger partial charge in [0.2, 0.25) is 0 Å². The molecule has 3 fully saturated rings. The van der Waals surface area contributed by atoms with E-state index in [1.807, 2.05) is 0 Å². The van der Waals surface area contributed by atoms with E-state index in [1.165, 1.54) is 19.3 Å². The van der Waals surface area contributed by atoms with Crippen molar-refractivity contribution in [1.82, 2.24) is 0 Å². The monoisotopic (exact) mass is 252 g/mol. The van der Waals surface area contributed by atoms with Gasteiger partial charge in [-0.05, 0) is 37.0 Å². The predicted molar refractivity (Wildman–Crippen MR) is 72.3 cm³/mol. The van der Waals surface area contributed by atoms with Gasteiger partial charge in [0.25, 0.3) is 0 Å². The molecule has 1 saturated heterocycles. The Morgan fingerprint density at radius 2 is 1.94 bits per heavy atom. The molecule has 3 rings (SSSR count). The summed E-state index contributed by atoms with van der Waals surface area (Å²) in [4.78, 5) is 0. The molecule has 2 saturated carbocycles. The van der Waals surface area contributed by atoms with Gasteiger partial charge in [0.05, 0.1) is 12.2 Å². The first-order valence-electron chi connectivity index (χ1n) is 7.75. The van der Waals surface area contributed by atoms with Crippen LogP contribution in [0.5, 0.6) is 0 Å². The van der Waals surface area contributed by atoms with Crippen molar-refractivity contribution in [3.8, 4) is 0 Å². The quantitative estimate of drug-likeness (QED) is 0.735. The maximum atomic E-state index is 6.53. The van der Waals surface area contributed by atoms with Crippen molar-refractivity contribution >= 4 is 0 Å². The normalized spacial score (nSPS) is 50.0. The summed E-state index contributed by atoms with van der Waals surface area (Å²) in [5.74, 6) is 0.850. The molecule has 3 aliphatic rings. The summed E-state index contributed by atoms with van der Waals surface area (Å²) in [6.07, 6.45) is 7.34. The van der Waals surface area contributed by atoms with Gasteiger partial charge in [-0.2, -0.15) is 0 Å². The molecule has 2 aliphatic carbocycles. The lowest BCUT2D eigenvalue weighted by Gasteiger charge is -2.52. The third-order valence-corrected chi connectivity index (χ3v) is 6.71. The van der Waals surface area contributed by atoms with Gasteiger partial charge in [-0.3, -0.25) is 0 Å². The largest absolute Gasteiger partial charge is 0.353 e. The zero-order valence-corrected chi connectivity index (χ0v) is 12.4. The van der Waals surface area contributed by atoms with E-state index in [2.05, 4.69) is 27.7 Å². The molecule has 2 bridgehead atoms. The second-order valence-corrected chi connectivity index (χ2v) is 7.44. The molecule has 4 unspecified atom stereocenters. The molecule has 0 radical (unpaired) electrons. The third-order valence-electron chi connectivity index (χ3n) is 6.71. The second-order valence-electron chi connectivity index (χ2n) is 7.44. The summed E-state index contributed by atoms with van der Waals surface area (Å²) in [7, 11) is 0. The topological polar surface area (TPSA) is 18.5 Å². The molecule has 2 nitrogen and oxygen atoms in total. The van der Waals surface area contributed by atoms with Crippen LogP contribution in [0.1, 0.15) is 66.2 Å². The molecule has 104 valence electrons. The van der Waals surface area contributed by atoms with Gasteiger partial charge in [-0.1, -0.05) is 34.1 Å². The standard InChI is InChI=1S/C16H28O2/c1-5-6-13-17-10-9-16(18-13)11-12-7-8-15(16,4)14(12,2)3/h12-13H,5-11H2,1-4H3. The van der Waals surface area contributed by atoms with Crippen LogP contribution in [0.15, 0.2) is 0 Å². The number of rotatable bonds is 2. The fraction of sp³-hybridized carbons (Fsp3) is 1.00. The van der Waals surface area contributed by atoms with Gasteiger partial charge < -0.3 is 9.47 Å². The highest BCUT2D eigenvalue weighted by atomic mass is 16.7. The van der Waals surface area contributed by atoms with Crippen LogP contribution in [-0.4, -0.2) is 18.5 Å². The molecule has 0 aromatic heterocycles. The van der Waals surface area contributed by atoms with E-state index in [4.69, 9.17) is 9.47 Å². The van der Waals surface area contributed by atoms with Crippen molar-refractivity contribution in [1.29, 1.82) is 0 Å². The Morgan fingerprint density at radius 3 is 2.50 bits per heavy atom. The molecule has 1 heterocycles. The van der Waals surface area contributed by atoms with Gasteiger partial charge in [0.15, 0.2) is 6.29 Å². The Kier molecular flexibility index (Phi) is 2.84. The van der Waals surface area contributed by atoms with Gasteiger partial charge in [0, 0.05) is 11.8 Å². The average Bonchev–Trinajstić information content (AvgIpc) is 2.62. The Balaban J connectivity index is 1.88. The van der Waals surface area contributed by atoms with Crippen LogP contribution in [0.3, 0.4) is 0 Å². The zero-order chi connectivity index (χ0) is 13.0. The summed E-state index contributed by atoms with van der Waals surface area (Å²) < 4.78 is 12.3. The van der Waals surface area contributed by atoms with Crippen molar-refractivity contribution in [2.75, 3.05) is 6.61 Å². The van der Waals surface area contributed by atoms with Crippen LogP contribution in [-0.2, 0) is 9.47 Å². The van der Waals surface area contributed by atoms with Crippen LogP contribution < -0.4 is 0 Å². The predicted octanol–water partition coefficient (Wildman–Crippen LogP) is 4.13. The number of hydrogen-bond donors (Lipinski definition) is 0. The minimum atomic E-state index is 0.0516. The van der Waals surface area contributed by atoms with Crippen molar-refractivity contribution in [2.24, 2.45) is 16.7 Å². The summed E-state index contributed by atoms with van der Waals surface area (Å²) in [6, 6.07) is 0. The van der Waals surface area contributed by atoms with Gasteiger partial charge >= 0.3 is 0 Å². The van der Waals surface area contributed by atoms with Crippen LogP contribution in [0.2, 0.25) is 0 Å². The third kappa shape index (κ3) is 1.42. The lowest BCUT2D eigenvalue weighted by atomic mass is 9.63. The Hall–Kier alpha value is -0.0800. The van der Waals surface area contributed by atoms with E-state index in [9.17, 15) is 0 Å². The highest BCUT2D eigenvalue weighted by molar-refractivity contribution is 5.19. The maximum absolute atomic E-state index is 6.53. The molecule has 0 aromatic carbocycles. The molecule has 1 aliphatic heterocycles. The van der Waals surface area contributed by atoms with E-state index in [-0.39, 0.29) is 11.9 Å². The minimum Gasteiger partial charge on any atom is -0.353 e. The van der Waals surface area contributed by atoms with Crippen molar-refractivity contribution in [3.63, 3.8) is 0 Å². The fourth-order valence-corrected chi connectivity index (χ4v) is 5.03. The Morgan fingerprint density at radius 1 is 1.17 bits per heavy atom. The molecule has 2 heteroatoms. The van der Waals surface area contributed by atoms with Gasteiger partial charge in [-0.25, -0.2) is 0 Å². The first-order chi connectivity index (χ1) is 8.45. The van der Waals surface area contributed by atoms with E-state index in [0.717, 1.165) is 31.8 Å². The number of fused-ring (bicyclic) bond motifs is 3. The van der Waals surface area contributed by atoms with Crippen LogP contribution in [0, 0.1) is 16.7 Å². The van der Waals surface area contributed by atoms with Crippen LogP contribution in [0.4, 0.5) is 0 Å². The first kappa shape index (κ1) is 12.9.